The first kappa shape index (κ1) is 19.4. The highest BCUT2D eigenvalue weighted by Crippen LogP contribution is 2.42. The van der Waals surface area contributed by atoms with Crippen molar-refractivity contribution in [3.63, 3.8) is 0 Å². The molecule has 7 heteroatoms. The number of pyridine rings is 1. The van der Waals surface area contributed by atoms with Crippen LogP contribution in [0.1, 0.15) is 29.2 Å². The lowest BCUT2D eigenvalue weighted by Crippen LogP contribution is -2.30. The SMILES string of the molecule is COc1cccc(N2C(=S)N[C@H](c3ccccn3)[C@H]2c2cccn2Cc2ccco2)c1. The summed E-state index contributed by atoms with van der Waals surface area (Å²) in [7, 11) is 1.67. The molecule has 31 heavy (non-hydrogen) atoms. The Morgan fingerprint density at radius 2 is 2.03 bits per heavy atom. The second-order valence-corrected chi connectivity index (χ2v) is 7.73. The van der Waals surface area contributed by atoms with E-state index < -0.39 is 0 Å². The van der Waals surface area contributed by atoms with Gasteiger partial charge in [0.25, 0.3) is 0 Å². The van der Waals surface area contributed by atoms with E-state index in [9.17, 15) is 0 Å². The molecule has 1 fully saturated rings. The average molecular weight is 431 g/mol. The third kappa shape index (κ3) is 3.68. The third-order valence-electron chi connectivity index (χ3n) is 5.50. The van der Waals surface area contributed by atoms with Gasteiger partial charge in [0.15, 0.2) is 5.11 Å². The monoisotopic (exact) mass is 430 g/mol. The molecule has 1 aliphatic rings. The molecule has 1 saturated heterocycles. The summed E-state index contributed by atoms with van der Waals surface area (Å²) in [5, 5.41) is 4.15. The smallest absolute Gasteiger partial charge is 0.174 e. The van der Waals surface area contributed by atoms with Crippen LogP contribution in [0.2, 0.25) is 0 Å². The lowest BCUT2D eigenvalue weighted by Gasteiger charge is -2.29. The number of nitrogens with zero attached hydrogens (tertiary/aromatic N) is 3. The molecule has 0 bridgehead atoms. The van der Waals surface area contributed by atoms with Crippen LogP contribution in [0.25, 0.3) is 0 Å². The van der Waals surface area contributed by atoms with Crippen molar-refractivity contribution in [3.8, 4) is 5.75 Å². The molecule has 0 radical (unpaired) electrons. The highest BCUT2D eigenvalue weighted by atomic mass is 32.1. The van der Waals surface area contributed by atoms with Crippen LogP contribution in [0.4, 0.5) is 5.69 Å². The van der Waals surface area contributed by atoms with Gasteiger partial charge < -0.3 is 23.9 Å². The van der Waals surface area contributed by atoms with Crippen LogP contribution < -0.4 is 15.0 Å². The molecular formula is C24H22N4O2S. The van der Waals surface area contributed by atoms with Crippen molar-refractivity contribution >= 4 is 23.0 Å². The number of hydrogen-bond donors (Lipinski definition) is 1. The highest BCUT2D eigenvalue weighted by Gasteiger charge is 2.42. The van der Waals surface area contributed by atoms with E-state index in [0.717, 1.165) is 28.6 Å². The molecule has 3 aromatic heterocycles. The fraction of sp³-hybridized carbons (Fsp3) is 0.167. The molecular weight excluding hydrogens is 408 g/mol. The summed E-state index contributed by atoms with van der Waals surface area (Å²) in [6, 6.07) is 21.8. The van der Waals surface area contributed by atoms with Crippen molar-refractivity contribution in [2.24, 2.45) is 0 Å². The maximum Gasteiger partial charge on any atom is 0.174 e. The third-order valence-corrected chi connectivity index (χ3v) is 5.82. The predicted molar refractivity (Wildman–Crippen MR) is 123 cm³/mol. The summed E-state index contributed by atoms with van der Waals surface area (Å²) in [6.07, 6.45) is 5.58. The van der Waals surface area contributed by atoms with E-state index in [2.05, 4.69) is 38.1 Å². The van der Waals surface area contributed by atoms with Crippen molar-refractivity contribution in [2.75, 3.05) is 12.0 Å². The van der Waals surface area contributed by atoms with E-state index in [1.165, 1.54) is 0 Å². The minimum atomic E-state index is -0.106. The summed E-state index contributed by atoms with van der Waals surface area (Å²) in [5.74, 6) is 1.68. The lowest BCUT2D eigenvalue weighted by atomic mass is 10.0. The van der Waals surface area contributed by atoms with Crippen LogP contribution in [-0.4, -0.2) is 21.8 Å². The first-order chi connectivity index (χ1) is 15.2. The van der Waals surface area contributed by atoms with Crippen molar-refractivity contribution in [1.82, 2.24) is 14.9 Å². The second-order valence-electron chi connectivity index (χ2n) is 7.34. The fourth-order valence-electron chi connectivity index (χ4n) is 4.10. The number of nitrogens with one attached hydrogen (secondary N) is 1. The molecule has 0 aliphatic carbocycles. The van der Waals surface area contributed by atoms with Gasteiger partial charge in [0.1, 0.15) is 17.6 Å². The fourth-order valence-corrected chi connectivity index (χ4v) is 4.45. The Balaban J connectivity index is 1.61. The van der Waals surface area contributed by atoms with E-state index in [1.807, 2.05) is 60.8 Å². The van der Waals surface area contributed by atoms with Crippen LogP contribution in [0, 0.1) is 0 Å². The molecule has 4 aromatic rings. The summed E-state index contributed by atoms with van der Waals surface area (Å²) in [4.78, 5) is 6.77. The van der Waals surface area contributed by atoms with E-state index in [4.69, 9.17) is 21.4 Å². The number of methoxy groups -OCH3 is 1. The van der Waals surface area contributed by atoms with E-state index in [0.29, 0.717) is 11.7 Å². The summed E-state index contributed by atoms with van der Waals surface area (Å²) in [5.41, 5.74) is 3.01. The summed E-state index contributed by atoms with van der Waals surface area (Å²) >= 11 is 5.81. The van der Waals surface area contributed by atoms with Crippen molar-refractivity contribution in [3.05, 3.63) is 103 Å². The molecule has 0 saturated carbocycles. The Labute approximate surface area is 186 Å². The largest absolute Gasteiger partial charge is 0.497 e. The average Bonchev–Trinajstić information content (AvgIpc) is 3.55. The van der Waals surface area contributed by atoms with Gasteiger partial charge in [0.05, 0.1) is 31.7 Å². The normalized spacial score (nSPS) is 18.2. The molecule has 6 nitrogen and oxygen atoms in total. The Morgan fingerprint density at radius 3 is 2.81 bits per heavy atom. The Hall–Kier alpha value is -3.58. The van der Waals surface area contributed by atoms with Crippen molar-refractivity contribution in [1.29, 1.82) is 0 Å². The Morgan fingerprint density at radius 1 is 1.10 bits per heavy atom. The van der Waals surface area contributed by atoms with Gasteiger partial charge in [-0.05, 0) is 60.7 Å². The molecule has 0 spiro atoms. The van der Waals surface area contributed by atoms with Gasteiger partial charge in [-0.25, -0.2) is 0 Å². The lowest BCUT2D eigenvalue weighted by molar-refractivity contribution is 0.414. The van der Waals surface area contributed by atoms with Gasteiger partial charge in [-0.2, -0.15) is 0 Å². The number of furan rings is 1. The number of rotatable bonds is 6. The molecule has 156 valence electrons. The van der Waals surface area contributed by atoms with Gasteiger partial charge in [-0.1, -0.05) is 12.1 Å². The zero-order valence-corrected chi connectivity index (χ0v) is 17.8. The molecule has 0 amide bonds. The van der Waals surface area contributed by atoms with Crippen LogP contribution in [0.5, 0.6) is 5.75 Å². The summed E-state index contributed by atoms with van der Waals surface area (Å²) in [6.45, 7) is 0.638. The van der Waals surface area contributed by atoms with Gasteiger partial charge in [0, 0.05) is 29.8 Å². The van der Waals surface area contributed by atoms with Crippen molar-refractivity contribution in [2.45, 2.75) is 18.6 Å². The standard InChI is InChI=1S/C24H22N4O2S/c1-29-18-8-4-7-17(15-18)28-23(22(26-24(28)31)20-10-2-3-12-25-20)21-11-5-13-27(21)16-19-9-6-14-30-19/h2-15,22-23H,16H2,1H3,(H,26,31)/t22-,23-/m1/s1. The van der Waals surface area contributed by atoms with Gasteiger partial charge in [-0.15, -0.1) is 0 Å². The first-order valence-corrected chi connectivity index (χ1v) is 10.5. The molecule has 1 N–H and O–H groups in total. The Kier molecular flexibility index (Phi) is 5.18. The zero-order valence-electron chi connectivity index (χ0n) is 17.0. The van der Waals surface area contributed by atoms with Gasteiger partial charge in [0.2, 0.25) is 0 Å². The molecule has 1 aromatic carbocycles. The number of thiocarbonyl (C=S) groups is 1. The maximum atomic E-state index is 5.81. The second kappa shape index (κ2) is 8.28. The summed E-state index contributed by atoms with van der Waals surface area (Å²) < 4.78 is 13.3. The predicted octanol–water partition coefficient (Wildman–Crippen LogP) is 4.71. The quantitative estimate of drug-likeness (QED) is 0.447. The minimum Gasteiger partial charge on any atom is -0.497 e. The molecule has 1 aliphatic heterocycles. The Bertz CT molecular complexity index is 1170. The van der Waals surface area contributed by atoms with Gasteiger partial charge >= 0.3 is 0 Å². The van der Waals surface area contributed by atoms with E-state index >= 15 is 0 Å². The maximum absolute atomic E-state index is 5.81. The molecule has 0 unspecified atom stereocenters. The number of aromatic nitrogens is 2. The number of ether oxygens (including phenoxy) is 1. The minimum absolute atomic E-state index is 0.0977. The van der Waals surface area contributed by atoms with E-state index in [-0.39, 0.29) is 12.1 Å². The molecule has 2 atom stereocenters. The number of benzene rings is 1. The topological polar surface area (TPSA) is 55.5 Å². The number of anilines is 1. The van der Waals surface area contributed by atoms with Crippen LogP contribution in [-0.2, 0) is 6.54 Å². The van der Waals surface area contributed by atoms with Gasteiger partial charge in [-0.3, -0.25) is 4.98 Å². The van der Waals surface area contributed by atoms with Crippen LogP contribution in [0.15, 0.2) is 89.8 Å². The van der Waals surface area contributed by atoms with Crippen LogP contribution >= 0.6 is 12.2 Å². The van der Waals surface area contributed by atoms with Crippen LogP contribution in [0.3, 0.4) is 0 Å². The zero-order chi connectivity index (χ0) is 21.2. The molecule has 5 rings (SSSR count). The highest BCUT2D eigenvalue weighted by molar-refractivity contribution is 7.80. The first-order valence-electron chi connectivity index (χ1n) is 10.1. The van der Waals surface area contributed by atoms with Crippen molar-refractivity contribution < 1.29 is 9.15 Å². The van der Waals surface area contributed by atoms with E-state index in [1.54, 1.807) is 13.4 Å². The number of hydrogen-bond acceptors (Lipinski definition) is 4. The molecule has 4 heterocycles.